The fourth-order valence-electron chi connectivity index (χ4n) is 3.29. The van der Waals surface area contributed by atoms with E-state index in [0.29, 0.717) is 29.6 Å². The average Bonchev–Trinajstić information content (AvgIpc) is 3.28. The summed E-state index contributed by atoms with van der Waals surface area (Å²) < 4.78 is 5.35. The van der Waals surface area contributed by atoms with E-state index in [1.165, 1.54) is 32.4 Å². The van der Waals surface area contributed by atoms with Crippen LogP contribution in [0.2, 0.25) is 0 Å². The molecule has 1 unspecified atom stereocenters. The summed E-state index contributed by atoms with van der Waals surface area (Å²) in [4.78, 5) is 15.0. The van der Waals surface area contributed by atoms with E-state index in [1.807, 2.05) is 6.92 Å². The van der Waals surface area contributed by atoms with Gasteiger partial charge in [-0.2, -0.15) is 0 Å². The number of aryl methyl sites for hydroxylation is 1. The Morgan fingerprint density at radius 3 is 2.77 bits per heavy atom. The van der Waals surface area contributed by atoms with Crippen LogP contribution in [0.4, 0.5) is 0 Å². The van der Waals surface area contributed by atoms with E-state index in [4.69, 9.17) is 4.52 Å². The highest BCUT2D eigenvalue weighted by molar-refractivity contribution is 5.96. The van der Waals surface area contributed by atoms with Crippen LogP contribution in [0.1, 0.15) is 66.8 Å². The minimum absolute atomic E-state index is 0.0221. The highest BCUT2D eigenvalue weighted by Gasteiger charge is 2.34. The third kappa shape index (κ3) is 3.69. The van der Waals surface area contributed by atoms with Crippen LogP contribution in [0, 0.1) is 12.8 Å². The lowest BCUT2D eigenvalue weighted by Crippen LogP contribution is -2.38. The molecule has 2 heterocycles. The molecule has 1 saturated carbocycles. The molecule has 122 valence electrons. The van der Waals surface area contributed by atoms with Crippen molar-refractivity contribution < 1.29 is 9.32 Å². The molecular formula is C17H27N3O2. The Hall–Kier alpha value is -1.36. The van der Waals surface area contributed by atoms with Gasteiger partial charge in [0, 0.05) is 19.0 Å². The number of carbonyl (C=O) groups excluding carboxylic acids is 1. The number of nitrogens with zero attached hydrogens (tertiary/aromatic N) is 2. The van der Waals surface area contributed by atoms with Gasteiger partial charge in [0.05, 0.1) is 5.69 Å². The third-order valence-electron chi connectivity index (χ3n) is 4.69. The normalized spacial score (nSPS) is 20.8. The van der Waals surface area contributed by atoms with Crippen LogP contribution in [0.3, 0.4) is 0 Å². The molecule has 1 aromatic heterocycles. The van der Waals surface area contributed by atoms with Gasteiger partial charge in [-0.25, -0.2) is 0 Å². The maximum Gasteiger partial charge on any atom is 0.256 e. The fraction of sp³-hybridized carbons (Fsp3) is 0.765. The molecule has 1 saturated heterocycles. The average molecular weight is 305 g/mol. The predicted molar refractivity (Wildman–Crippen MR) is 85.0 cm³/mol. The Kier molecular flexibility index (Phi) is 4.81. The smallest absolute Gasteiger partial charge is 0.256 e. The second-order valence-corrected chi connectivity index (χ2v) is 6.96. The molecule has 1 aliphatic carbocycles. The number of likely N-dealkylation sites (tertiary alicyclic amines) is 1. The maximum absolute atomic E-state index is 12.5. The number of piperidine rings is 1. The molecule has 0 radical (unpaired) electrons. The second kappa shape index (κ2) is 6.82. The van der Waals surface area contributed by atoms with Crippen molar-refractivity contribution in [1.29, 1.82) is 0 Å². The van der Waals surface area contributed by atoms with E-state index in [-0.39, 0.29) is 5.91 Å². The second-order valence-electron chi connectivity index (χ2n) is 6.96. The molecule has 1 amide bonds. The fourth-order valence-corrected chi connectivity index (χ4v) is 3.29. The van der Waals surface area contributed by atoms with E-state index in [0.717, 1.165) is 25.1 Å². The molecule has 2 aliphatic rings. The van der Waals surface area contributed by atoms with Crippen LogP contribution in [0.25, 0.3) is 0 Å². The van der Waals surface area contributed by atoms with Gasteiger partial charge in [0.15, 0.2) is 5.76 Å². The monoisotopic (exact) mass is 305 g/mol. The van der Waals surface area contributed by atoms with Crippen molar-refractivity contribution >= 4 is 5.91 Å². The topological polar surface area (TPSA) is 58.4 Å². The summed E-state index contributed by atoms with van der Waals surface area (Å²) in [5, 5.41) is 7.05. The zero-order valence-corrected chi connectivity index (χ0v) is 13.7. The SMILES string of the molecule is Cc1noc(C2CC2)c1C(=O)NCC(C)CN1CCCCC1. The van der Waals surface area contributed by atoms with E-state index in [1.54, 1.807) is 0 Å². The van der Waals surface area contributed by atoms with Crippen molar-refractivity contribution in [2.75, 3.05) is 26.2 Å². The van der Waals surface area contributed by atoms with Crippen molar-refractivity contribution in [3.05, 3.63) is 17.0 Å². The summed E-state index contributed by atoms with van der Waals surface area (Å²) >= 11 is 0. The first-order chi connectivity index (χ1) is 10.6. The Balaban J connectivity index is 1.50. The minimum atomic E-state index is -0.0221. The first kappa shape index (κ1) is 15.5. The summed E-state index contributed by atoms with van der Waals surface area (Å²) in [7, 11) is 0. The van der Waals surface area contributed by atoms with Gasteiger partial charge in [-0.3, -0.25) is 4.79 Å². The summed E-state index contributed by atoms with van der Waals surface area (Å²) in [5.41, 5.74) is 1.38. The van der Waals surface area contributed by atoms with E-state index in [2.05, 4.69) is 22.3 Å². The number of hydrogen-bond donors (Lipinski definition) is 1. The number of hydrogen-bond acceptors (Lipinski definition) is 4. The van der Waals surface area contributed by atoms with E-state index >= 15 is 0 Å². The van der Waals surface area contributed by atoms with Crippen LogP contribution in [-0.2, 0) is 0 Å². The lowest BCUT2D eigenvalue weighted by Gasteiger charge is -2.29. The standard InChI is InChI=1S/C17H27N3O2/c1-12(11-20-8-4-3-5-9-20)10-18-17(21)15-13(2)19-22-16(15)14-6-7-14/h12,14H,3-11H2,1-2H3,(H,18,21). The number of rotatable bonds is 6. The number of nitrogens with one attached hydrogen (secondary N) is 1. The van der Waals surface area contributed by atoms with Gasteiger partial charge in [0.2, 0.25) is 0 Å². The molecule has 0 bridgehead atoms. The van der Waals surface area contributed by atoms with E-state index < -0.39 is 0 Å². The highest BCUT2D eigenvalue weighted by Crippen LogP contribution is 2.42. The highest BCUT2D eigenvalue weighted by atomic mass is 16.5. The molecule has 0 aromatic carbocycles. The molecule has 0 spiro atoms. The molecule has 1 aromatic rings. The van der Waals surface area contributed by atoms with Gasteiger partial charge in [-0.1, -0.05) is 18.5 Å². The van der Waals surface area contributed by atoms with Gasteiger partial charge < -0.3 is 14.7 Å². The molecule has 2 fully saturated rings. The molecule has 1 atom stereocenters. The molecular weight excluding hydrogens is 278 g/mol. The molecule has 1 aliphatic heterocycles. The Bertz CT molecular complexity index is 516. The lowest BCUT2D eigenvalue weighted by atomic mass is 10.1. The van der Waals surface area contributed by atoms with Crippen LogP contribution in [0.5, 0.6) is 0 Å². The predicted octanol–water partition coefficient (Wildman–Crippen LogP) is 2.71. The Labute approximate surface area is 132 Å². The van der Waals surface area contributed by atoms with Crippen LogP contribution in [-0.4, -0.2) is 42.1 Å². The van der Waals surface area contributed by atoms with Gasteiger partial charge in [0.1, 0.15) is 5.56 Å². The Morgan fingerprint density at radius 1 is 1.36 bits per heavy atom. The van der Waals surface area contributed by atoms with Crippen molar-refractivity contribution in [2.45, 2.75) is 51.9 Å². The largest absolute Gasteiger partial charge is 0.360 e. The zero-order chi connectivity index (χ0) is 15.5. The number of aromatic nitrogens is 1. The van der Waals surface area contributed by atoms with Crippen molar-refractivity contribution in [3.8, 4) is 0 Å². The zero-order valence-electron chi connectivity index (χ0n) is 13.7. The van der Waals surface area contributed by atoms with E-state index in [9.17, 15) is 4.79 Å². The quantitative estimate of drug-likeness (QED) is 0.878. The summed E-state index contributed by atoms with van der Waals surface area (Å²) in [6, 6.07) is 0. The van der Waals surface area contributed by atoms with Gasteiger partial charge in [0.25, 0.3) is 5.91 Å². The van der Waals surface area contributed by atoms with Crippen molar-refractivity contribution in [1.82, 2.24) is 15.4 Å². The summed E-state index contributed by atoms with van der Waals surface area (Å²) in [5.74, 6) is 1.64. The molecule has 5 heteroatoms. The lowest BCUT2D eigenvalue weighted by molar-refractivity contribution is 0.0940. The number of amides is 1. The first-order valence-electron chi connectivity index (χ1n) is 8.62. The summed E-state index contributed by atoms with van der Waals surface area (Å²) in [6.45, 7) is 8.24. The van der Waals surface area contributed by atoms with Gasteiger partial charge in [-0.05, 0) is 51.6 Å². The van der Waals surface area contributed by atoms with Crippen LogP contribution < -0.4 is 5.32 Å². The van der Waals surface area contributed by atoms with Gasteiger partial charge >= 0.3 is 0 Å². The van der Waals surface area contributed by atoms with Crippen molar-refractivity contribution in [3.63, 3.8) is 0 Å². The molecule has 22 heavy (non-hydrogen) atoms. The maximum atomic E-state index is 12.5. The first-order valence-corrected chi connectivity index (χ1v) is 8.62. The molecule has 3 rings (SSSR count). The number of carbonyl (C=O) groups is 1. The minimum Gasteiger partial charge on any atom is -0.360 e. The molecule has 5 nitrogen and oxygen atoms in total. The third-order valence-corrected chi connectivity index (χ3v) is 4.69. The van der Waals surface area contributed by atoms with Crippen molar-refractivity contribution in [2.24, 2.45) is 5.92 Å². The summed E-state index contributed by atoms with van der Waals surface area (Å²) in [6.07, 6.45) is 6.20. The Morgan fingerprint density at radius 2 is 2.09 bits per heavy atom. The van der Waals surface area contributed by atoms with Gasteiger partial charge in [-0.15, -0.1) is 0 Å². The van der Waals surface area contributed by atoms with Crippen LogP contribution in [0.15, 0.2) is 4.52 Å². The van der Waals surface area contributed by atoms with Crippen LogP contribution >= 0.6 is 0 Å². The molecule has 1 N–H and O–H groups in total.